The third-order valence-corrected chi connectivity index (χ3v) is 4.74. The molecule has 0 amide bonds. The van der Waals surface area contributed by atoms with Crippen molar-refractivity contribution < 1.29 is 18.6 Å². The molecule has 1 aliphatic heterocycles. The zero-order valence-corrected chi connectivity index (χ0v) is 12.8. The Balaban J connectivity index is 1.50. The van der Waals surface area contributed by atoms with E-state index in [0.717, 1.165) is 35.7 Å². The maximum atomic E-state index is 13.0. The van der Waals surface area contributed by atoms with E-state index in [0.29, 0.717) is 19.8 Å². The summed E-state index contributed by atoms with van der Waals surface area (Å²) < 4.78 is 31.1. The van der Waals surface area contributed by atoms with Gasteiger partial charge in [-0.2, -0.15) is 0 Å². The van der Waals surface area contributed by atoms with E-state index in [-0.39, 0.29) is 17.7 Å². The Morgan fingerprint density at radius 1 is 1.25 bits per heavy atom. The lowest BCUT2D eigenvalue weighted by molar-refractivity contribution is -0.192. The van der Waals surface area contributed by atoms with Gasteiger partial charge < -0.3 is 14.2 Å². The van der Waals surface area contributed by atoms with Gasteiger partial charge in [-0.1, -0.05) is 22.0 Å². The monoisotopic (exact) mass is 344 g/mol. The maximum Gasteiger partial charge on any atom is 0.168 e. The van der Waals surface area contributed by atoms with Crippen LogP contribution in [0.1, 0.15) is 31.2 Å². The van der Waals surface area contributed by atoms with Gasteiger partial charge in [-0.25, -0.2) is 4.39 Å². The van der Waals surface area contributed by atoms with Crippen LogP contribution < -0.4 is 0 Å². The topological polar surface area (TPSA) is 27.7 Å². The quantitative estimate of drug-likeness (QED) is 0.834. The first-order valence-electron chi connectivity index (χ1n) is 7.00. The number of hydrogen-bond donors (Lipinski definition) is 0. The summed E-state index contributed by atoms with van der Waals surface area (Å²) >= 11 is 3.36. The second-order valence-electron chi connectivity index (χ2n) is 5.35. The lowest BCUT2D eigenvalue weighted by atomic mass is 9.92. The molecule has 5 heteroatoms. The molecule has 0 bridgehead atoms. The Morgan fingerprint density at radius 2 is 1.95 bits per heavy atom. The molecule has 0 aromatic heterocycles. The molecule has 110 valence electrons. The van der Waals surface area contributed by atoms with Crippen molar-refractivity contribution in [3.05, 3.63) is 34.1 Å². The normalized spacial score (nSPS) is 22.5. The number of ether oxygens (including phenoxy) is 3. The Kier molecular flexibility index (Phi) is 4.40. The van der Waals surface area contributed by atoms with Crippen molar-refractivity contribution in [1.82, 2.24) is 0 Å². The molecule has 20 heavy (non-hydrogen) atoms. The van der Waals surface area contributed by atoms with Crippen molar-refractivity contribution in [3.63, 3.8) is 0 Å². The van der Waals surface area contributed by atoms with Crippen molar-refractivity contribution >= 4 is 15.9 Å². The highest BCUT2D eigenvalue weighted by atomic mass is 79.9. The number of benzene rings is 1. The van der Waals surface area contributed by atoms with E-state index in [1.807, 2.05) is 0 Å². The van der Waals surface area contributed by atoms with Crippen molar-refractivity contribution in [3.8, 4) is 0 Å². The average Bonchev–Trinajstić information content (AvgIpc) is 2.88. The SMILES string of the molecule is Fc1ccc(COC2CCC3(CC2)OCCO3)c(Br)c1. The molecule has 1 aromatic carbocycles. The van der Waals surface area contributed by atoms with Gasteiger partial charge in [0, 0.05) is 17.3 Å². The molecular weight excluding hydrogens is 327 g/mol. The fraction of sp³-hybridized carbons (Fsp3) is 0.600. The van der Waals surface area contributed by atoms with E-state index in [9.17, 15) is 4.39 Å². The fourth-order valence-electron chi connectivity index (χ4n) is 2.83. The average molecular weight is 345 g/mol. The predicted molar refractivity (Wildman–Crippen MR) is 75.8 cm³/mol. The Hall–Kier alpha value is -0.490. The van der Waals surface area contributed by atoms with Crippen molar-refractivity contribution in [2.24, 2.45) is 0 Å². The minimum Gasteiger partial charge on any atom is -0.373 e. The molecule has 0 N–H and O–H groups in total. The van der Waals surface area contributed by atoms with Gasteiger partial charge in [0.05, 0.1) is 25.9 Å². The summed E-state index contributed by atoms with van der Waals surface area (Å²) in [6.45, 7) is 1.91. The van der Waals surface area contributed by atoms with Crippen LogP contribution in [0.15, 0.2) is 22.7 Å². The first kappa shape index (κ1) is 14.4. The van der Waals surface area contributed by atoms with Gasteiger partial charge >= 0.3 is 0 Å². The molecule has 1 aromatic rings. The minimum absolute atomic E-state index is 0.227. The highest BCUT2D eigenvalue weighted by Gasteiger charge is 2.40. The summed E-state index contributed by atoms with van der Waals surface area (Å²) in [5, 5.41) is 0. The van der Waals surface area contributed by atoms with Gasteiger partial charge in [-0.15, -0.1) is 0 Å². The maximum absolute atomic E-state index is 13.0. The molecule has 0 radical (unpaired) electrons. The van der Waals surface area contributed by atoms with Gasteiger partial charge in [0.25, 0.3) is 0 Å². The zero-order valence-electron chi connectivity index (χ0n) is 11.2. The van der Waals surface area contributed by atoms with Gasteiger partial charge in [0.1, 0.15) is 5.82 Å². The van der Waals surface area contributed by atoms with Crippen molar-refractivity contribution in [1.29, 1.82) is 0 Å². The largest absolute Gasteiger partial charge is 0.373 e. The van der Waals surface area contributed by atoms with Crippen LogP contribution in [0.3, 0.4) is 0 Å². The smallest absolute Gasteiger partial charge is 0.168 e. The van der Waals surface area contributed by atoms with Crippen molar-refractivity contribution in [2.75, 3.05) is 13.2 Å². The molecule has 0 atom stereocenters. The van der Waals surface area contributed by atoms with E-state index in [1.54, 1.807) is 6.07 Å². The third-order valence-electron chi connectivity index (χ3n) is 4.00. The van der Waals surface area contributed by atoms with Gasteiger partial charge in [0.15, 0.2) is 5.79 Å². The third kappa shape index (κ3) is 3.22. The van der Waals surface area contributed by atoms with Crippen LogP contribution in [-0.4, -0.2) is 25.1 Å². The molecule has 2 aliphatic rings. The summed E-state index contributed by atoms with van der Waals surface area (Å²) in [4.78, 5) is 0. The van der Waals surface area contributed by atoms with E-state index >= 15 is 0 Å². The van der Waals surface area contributed by atoms with E-state index < -0.39 is 0 Å². The van der Waals surface area contributed by atoms with Crippen LogP contribution in [0.2, 0.25) is 0 Å². The molecule has 0 unspecified atom stereocenters. The molecule has 1 spiro atoms. The van der Waals surface area contributed by atoms with Gasteiger partial charge in [-0.05, 0) is 30.5 Å². The van der Waals surface area contributed by atoms with Crippen LogP contribution in [0.25, 0.3) is 0 Å². The highest BCUT2D eigenvalue weighted by molar-refractivity contribution is 9.10. The van der Waals surface area contributed by atoms with Crippen LogP contribution in [-0.2, 0) is 20.8 Å². The van der Waals surface area contributed by atoms with Gasteiger partial charge in [-0.3, -0.25) is 0 Å². The lowest BCUT2D eigenvalue weighted by Gasteiger charge is -2.35. The first-order chi connectivity index (χ1) is 9.67. The van der Waals surface area contributed by atoms with Crippen LogP contribution in [0.4, 0.5) is 4.39 Å². The summed E-state index contributed by atoms with van der Waals surface area (Å²) in [6.07, 6.45) is 3.90. The van der Waals surface area contributed by atoms with Crippen molar-refractivity contribution in [2.45, 2.75) is 44.2 Å². The fourth-order valence-corrected chi connectivity index (χ4v) is 3.30. The van der Waals surface area contributed by atoms with Crippen LogP contribution >= 0.6 is 15.9 Å². The Morgan fingerprint density at radius 3 is 2.60 bits per heavy atom. The molecule has 1 aliphatic carbocycles. The Bertz CT molecular complexity index is 464. The lowest BCUT2D eigenvalue weighted by Crippen LogP contribution is -2.37. The molecular formula is C15H18BrFO3. The zero-order chi connectivity index (χ0) is 14.0. The van der Waals surface area contributed by atoms with E-state index in [1.165, 1.54) is 12.1 Å². The first-order valence-corrected chi connectivity index (χ1v) is 7.80. The van der Waals surface area contributed by atoms with Crippen LogP contribution in [0, 0.1) is 5.82 Å². The number of hydrogen-bond acceptors (Lipinski definition) is 3. The molecule has 3 rings (SSSR count). The minimum atomic E-state index is -0.337. The van der Waals surface area contributed by atoms with Crippen LogP contribution in [0.5, 0.6) is 0 Å². The molecule has 1 saturated heterocycles. The standard InChI is InChI=1S/C15H18BrFO3/c16-14-9-12(17)2-1-11(14)10-18-13-3-5-15(6-4-13)19-7-8-20-15/h1-2,9,13H,3-8,10H2. The number of halogens is 2. The summed E-state index contributed by atoms with van der Waals surface area (Å²) in [5.74, 6) is -0.577. The summed E-state index contributed by atoms with van der Waals surface area (Å²) in [5.41, 5.74) is 0.972. The van der Waals surface area contributed by atoms with E-state index in [4.69, 9.17) is 14.2 Å². The van der Waals surface area contributed by atoms with E-state index in [2.05, 4.69) is 15.9 Å². The van der Waals surface area contributed by atoms with Gasteiger partial charge in [0.2, 0.25) is 0 Å². The second kappa shape index (κ2) is 6.10. The second-order valence-corrected chi connectivity index (χ2v) is 6.21. The Labute approximate surface area is 126 Å². The molecule has 3 nitrogen and oxygen atoms in total. The summed E-state index contributed by atoms with van der Waals surface area (Å²) in [6, 6.07) is 4.68. The molecule has 2 fully saturated rings. The predicted octanol–water partition coefficient (Wildman–Crippen LogP) is 3.79. The summed E-state index contributed by atoms with van der Waals surface area (Å²) in [7, 11) is 0. The molecule has 1 saturated carbocycles. The number of rotatable bonds is 3. The highest BCUT2D eigenvalue weighted by Crippen LogP contribution is 2.37. The molecule has 1 heterocycles.